The van der Waals surface area contributed by atoms with Gasteiger partial charge < -0.3 is 10.5 Å². The molecule has 2 N–H and O–H groups in total. The van der Waals surface area contributed by atoms with E-state index in [0.29, 0.717) is 18.0 Å². The third kappa shape index (κ3) is 3.62. The summed E-state index contributed by atoms with van der Waals surface area (Å²) in [4.78, 5) is 11.8. The minimum Gasteiger partial charge on any atom is -0.462 e. The van der Waals surface area contributed by atoms with Crippen LogP contribution in [0.15, 0.2) is 30.3 Å². The lowest BCUT2D eigenvalue weighted by Gasteiger charge is -2.06. The van der Waals surface area contributed by atoms with Crippen LogP contribution in [0.2, 0.25) is 0 Å². The number of esters is 1. The molecule has 0 unspecified atom stereocenters. The Labute approximate surface area is 124 Å². The van der Waals surface area contributed by atoms with E-state index >= 15 is 0 Å². The van der Waals surface area contributed by atoms with Gasteiger partial charge in [-0.2, -0.15) is 5.10 Å². The van der Waals surface area contributed by atoms with Gasteiger partial charge in [-0.3, -0.25) is 0 Å². The van der Waals surface area contributed by atoms with Gasteiger partial charge in [0.1, 0.15) is 5.82 Å². The number of aryl methyl sites for hydroxylation is 1. The Bertz CT molecular complexity index is 620. The minimum absolute atomic E-state index is 0.337. The Morgan fingerprint density at radius 3 is 2.86 bits per heavy atom. The van der Waals surface area contributed by atoms with Crippen LogP contribution >= 0.6 is 0 Å². The average molecular weight is 287 g/mol. The smallest absolute Gasteiger partial charge is 0.338 e. The highest BCUT2D eigenvalue weighted by molar-refractivity contribution is 5.90. The molecular weight excluding hydrogens is 266 g/mol. The maximum atomic E-state index is 11.8. The Morgan fingerprint density at radius 2 is 2.14 bits per heavy atom. The zero-order chi connectivity index (χ0) is 15.2. The fourth-order valence-electron chi connectivity index (χ4n) is 2.11. The number of hydrogen-bond donors (Lipinski definition) is 1. The third-order valence-electron chi connectivity index (χ3n) is 3.18. The summed E-state index contributed by atoms with van der Waals surface area (Å²) >= 11 is 0. The van der Waals surface area contributed by atoms with Crippen molar-refractivity contribution in [2.45, 2.75) is 33.1 Å². The number of rotatable bonds is 6. The molecule has 1 aromatic heterocycles. The lowest BCUT2D eigenvalue weighted by atomic mass is 10.2. The molecule has 0 atom stereocenters. The summed E-state index contributed by atoms with van der Waals surface area (Å²) in [5.74, 6) is 0.235. The molecule has 5 heteroatoms. The number of nitrogen functional groups attached to an aromatic ring is 1. The van der Waals surface area contributed by atoms with Gasteiger partial charge in [0.15, 0.2) is 0 Å². The molecule has 2 aromatic rings. The minimum atomic E-state index is -0.337. The van der Waals surface area contributed by atoms with Gasteiger partial charge in [0.2, 0.25) is 0 Å². The maximum Gasteiger partial charge on any atom is 0.338 e. The van der Waals surface area contributed by atoms with Crippen LogP contribution in [0.1, 0.15) is 42.7 Å². The highest BCUT2D eigenvalue weighted by Crippen LogP contribution is 2.17. The monoisotopic (exact) mass is 287 g/mol. The molecule has 0 saturated carbocycles. The second-order valence-electron chi connectivity index (χ2n) is 4.85. The van der Waals surface area contributed by atoms with E-state index in [-0.39, 0.29) is 5.97 Å². The van der Waals surface area contributed by atoms with Crippen molar-refractivity contribution in [2.24, 2.45) is 0 Å². The molecule has 2 rings (SSSR count). The van der Waals surface area contributed by atoms with E-state index in [0.717, 1.165) is 30.6 Å². The van der Waals surface area contributed by atoms with Crippen molar-refractivity contribution in [2.75, 3.05) is 12.3 Å². The zero-order valence-corrected chi connectivity index (χ0v) is 12.5. The van der Waals surface area contributed by atoms with Crippen molar-refractivity contribution in [3.8, 4) is 5.69 Å². The number of ether oxygens (including phenoxy) is 1. The topological polar surface area (TPSA) is 70.1 Å². The summed E-state index contributed by atoms with van der Waals surface area (Å²) in [7, 11) is 0. The van der Waals surface area contributed by atoms with Gasteiger partial charge in [-0.15, -0.1) is 0 Å². The molecule has 1 heterocycles. The maximum absolute atomic E-state index is 11.8. The number of hydrogen-bond acceptors (Lipinski definition) is 4. The van der Waals surface area contributed by atoms with Crippen LogP contribution in [-0.4, -0.2) is 22.4 Å². The van der Waals surface area contributed by atoms with Crippen LogP contribution in [0.25, 0.3) is 5.69 Å². The second kappa shape index (κ2) is 6.92. The SMILES string of the molecule is CCCCc1cc(N)n(-c2cccc(C(=O)OCC)c2)n1. The highest BCUT2D eigenvalue weighted by Gasteiger charge is 2.11. The molecule has 0 radical (unpaired) electrons. The molecule has 0 spiro atoms. The Morgan fingerprint density at radius 1 is 1.33 bits per heavy atom. The van der Waals surface area contributed by atoms with Gasteiger partial charge in [0.05, 0.1) is 23.6 Å². The molecule has 0 bridgehead atoms. The summed E-state index contributed by atoms with van der Waals surface area (Å²) < 4.78 is 6.67. The number of carbonyl (C=O) groups excluding carboxylic acids is 1. The van der Waals surface area contributed by atoms with E-state index in [1.807, 2.05) is 12.1 Å². The van der Waals surface area contributed by atoms with Crippen LogP contribution in [0.4, 0.5) is 5.82 Å². The van der Waals surface area contributed by atoms with Gasteiger partial charge in [-0.05, 0) is 38.0 Å². The summed E-state index contributed by atoms with van der Waals surface area (Å²) in [5, 5.41) is 4.50. The number of nitrogens with zero attached hydrogens (tertiary/aromatic N) is 2. The van der Waals surface area contributed by atoms with Crippen molar-refractivity contribution in [1.29, 1.82) is 0 Å². The molecule has 0 aliphatic heterocycles. The molecule has 0 aliphatic rings. The van der Waals surface area contributed by atoms with Crippen molar-refractivity contribution in [3.63, 3.8) is 0 Å². The van der Waals surface area contributed by atoms with E-state index < -0.39 is 0 Å². The molecule has 5 nitrogen and oxygen atoms in total. The molecule has 21 heavy (non-hydrogen) atoms. The van der Waals surface area contributed by atoms with Crippen molar-refractivity contribution < 1.29 is 9.53 Å². The molecular formula is C16H21N3O2. The zero-order valence-electron chi connectivity index (χ0n) is 12.5. The first-order valence-corrected chi connectivity index (χ1v) is 7.27. The Balaban J connectivity index is 2.27. The number of nitrogens with two attached hydrogens (primary N) is 1. The van der Waals surface area contributed by atoms with Gasteiger partial charge in [0, 0.05) is 6.07 Å². The van der Waals surface area contributed by atoms with Crippen LogP contribution in [-0.2, 0) is 11.2 Å². The second-order valence-corrected chi connectivity index (χ2v) is 4.85. The predicted molar refractivity (Wildman–Crippen MR) is 82.5 cm³/mol. The van der Waals surface area contributed by atoms with Crippen molar-refractivity contribution in [1.82, 2.24) is 9.78 Å². The quantitative estimate of drug-likeness (QED) is 0.829. The van der Waals surface area contributed by atoms with E-state index in [1.54, 1.807) is 29.8 Å². The molecule has 1 aromatic carbocycles. The standard InChI is InChI=1S/C16H21N3O2/c1-3-5-8-13-11-15(17)19(18-13)14-9-6-7-12(10-14)16(20)21-4-2/h6-7,9-11H,3-5,8,17H2,1-2H3. The van der Waals surface area contributed by atoms with E-state index in [4.69, 9.17) is 10.5 Å². The van der Waals surface area contributed by atoms with E-state index in [9.17, 15) is 4.79 Å². The normalized spacial score (nSPS) is 10.6. The summed E-state index contributed by atoms with van der Waals surface area (Å²) in [6.45, 7) is 4.28. The Hall–Kier alpha value is -2.30. The first-order chi connectivity index (χ1) is 10.2. The fourth-order valence-corrected chi connectivity index (χ4v) is 2.11. The summed E-state index contributed by atoms with van der Waals surface area (Å²) in [6.07, 6.45) is 3.11. The summed E-state index contributed by atoms with van der Waals surface area (Å²) in [6, 6.07) is 9.01. The molecule has 112 valence electrons. The Kier molecular flexibility index (Phi) is 4.98. The number of anilines is 1. The number of benzene rings is 1. The lowest BCUT2D eigenvalue weighted by Crippen LogP contribution is -2.07. The first-order valence-electron chi connectivity index (χ1n) is 7.27. The van der Waals surface area contributed by atoms with E-state index in [1.165, 1.54) is 0 Å². The van der Waals surface area contributed by atoms with Crippen molar-refractivity contribution in [3.05, 3.63) is 41.6 Å². The largest absolute Gasteiger partial charge is 0.462 e. The van der Waals surface area contributed by atoms with Gasteiger partial charge in [-0.1, -0.05) is 19.4 Å². The van der Waals surface area contributed by atoms with Crippen LogP contribution < -0.4 is 5.73 Å². The number of aromatic nitrogens is 2. The molecule has 0 amide bonds. The van der Waals surface area contributed by atoms with E-state index in [2.05, 4.69) is 12.0 Å². The van der Waals surface area contributed by atoms with Gasteiger partial charge >= 0.3 is 5.97 Å². The predicted octanol–water partition coefficient (Wildman–Crippen LogP) is 2.97. The van der Waals surface area contributed by atoms with Crippen LogP contribution in [0, 0.1) is 0 Å². The number of unbranched alkanes of at least 4 members (excludes halogenated alkanes) is 1. The average Bonchev–Trinajstić information content (AvgIpc) is 2.86. The van der Waals surface area contributed by atoms with Crippen molar-refractivity contribution >= 4 is 11.8 Å². The van der Waals surface area contributed by atoms with Crippen LogP contribution in [0.3, 0.4) is 0 Å². The highest BCUT2D eigenvalue weighted by atomic mass is 16.5. The molecule has 0 fully saturated rings. The number of carbonyl (C=O) groups is 1. The molecule has 0 saturated heterocycles. The van der Waals surface area contributed by atoms with Gasteiger partial charge in [-0.25, -0.2) is 9.48 Å². The fraction of sp³-hybridized carbons (Fsp3) is 0.375. The summed E-state index contributed by atoms with van der Waals surface area (Å²) in [5.41, 5.74) is 8.25. The van der Waals surface area contributed by atoms with Crippen LogP contribution in [0.5, 0.6) is 0 Å². The molecule has 0 aliphatic carbocycles. The first kappa shape index (κ1) is 15.1. The lowest BCUT2D eigenvalue weighted by molar-refractivity contribution is 0.0526. The van der Waals surface area contributed by atoms with Gasteiger partial charge in [0.25, 0.3) is 0 Å². The third-order valence-corrected chi connectivity index (χ3v) is 3.18.